The van der Waals surface area contributed by atoms with E-state index in [-0.39, 0.29) is 0 Å². The molecule has 1 N–H and O–H groups in total. The third kappa shape index (κ3) is 2.21. The van der Waals surface area contributed by atoms with E-state index in [1.54, 1.807) is 0 Å². The van der Waals surface area contributed by atoms with Crippen LogP contribution in [0.25, 0.3) is 11.0 Å². The number of hydrogen-bond donors (Lipinski definition) is 1. The van der Waals surface area contributed by atoms with Crippen LogP contribution in [0, 0.1) is 18.6 Å². The summed E-state index contributed by atoms with van der Waals surface area (Å²) in [5, 5.41) is 0. The maximum atomic E-state index is 13.6. The molecule has 0 unspecified atom stereocenters. The summed E-state index contributed by atoms with van der Waals surface area (Å²) in [6, 6.07) is 9.45. The Morgan fingerprint density at radius 2 is 2.00 bits per heavy atom. The van der Waals surface area contributed by atoms with E-state index in [4.69, 9.17) is 0 Å². The van der Waals surface area contributed by atoms with E-state index >= 15 is 0 Å². The summed E-state index contributed by atoms with van der Waals surface area (Å²) in [4.78, 5) is 7.61. The molecule has 0 saturated carbocycles. The molecule has 0 aliphatic rings. The van der Waals surface area contributed by atoms with Gasteiger partial charge < -0.3 is 4.98 Å². The monoisotopic (exact) mass is 258 g/mol. The molecule has 4 heteroatoms. The van der Waals surface area contributed by atoms with Crippen molar-refractivity contribution in [3.8, 4) is 0 Å². The molecule has 96 valence electrons. The summed E-state index contributed by atoms with van der Waals surface area (Å²) in [5.41, 5.74) is 3.32. The Hall–Kier alpha value is -2.23. The number of aryl methyl sites for hydroxylation is 1. The molecule has 0 amide bonds. The third-order valence-electron chi connectivity index (χ3n) is 3.14. The molecule has 2 aromatic carbocycles. The maximum absolute atomic E-state index is 13.6. The van der Waals surface area contributed by atoms with Crippen LogP contribution in [0.1, 0.15) is 17.0 Å². The summed E-state index contributed by atoms with van der Waals surface area (Å²) < 4.78 is 26.4. The van der Waals surface area contributed by atoms with Gasteiger partial charge in [-0.3, -0.25) is 0 Å². The number of imidazole rings is 1. The van der Waals surface area contributed by atoms with Gasteiger partial charge in [0, 0.05) is 12.5 Å². The van der Waals surface area contributed by atoms with E-state index in [2.05, 4.69) is 9.97 Å². The van der Waals surface area contributed by atoms with Crippen LogP contribution >= 0.6 is 0 Å². The van der Waals surface area contributed by atoms with Crippen LogP contribution in [0.4, 0.5) is 8.78 Å². The standard InChI is InChI=1S/C15H12F2N2/c1-9-3-2-4-13-15(9)19-14(18-13)7-10-5-6-11(16)8-12(10)17/h2-6,8H,7H2,1H3,(H,18,19). The Labute approximate surface area is 109 Å². The highest BCUT2D eigenvalue weighted by molar-refractivity contribution is 5.78. The van der Waals surface area contributed by atoms with E-state index in [0.29, 0.717) is 17.8 Å². The average molecular weight is 258 g/mol. The third-order valence-corrected chi connectivity index (χ3v) is 3.14. The van der Waals surface area contributed by atoms with E-state index in [0.717, 1.165) is 22.7 Å². The highest BCUT2D eigenvalue weighted by Crippen LogP contribution is 2.18. The zero-order chi connectivity index (χ0) is 13.4. The number of halogens is 2. The molecule has 1 heterocycles. The van der Waals surface area contributed by atoms with Gasteiger partial charge in [0.15, 0.2) is 0 Å². The van der Waals surface area contributed by atoms with Gasteiger partial charge in [0.1, 0.15) is 17.5 Å². The lowest BCUT2D eigenvalue weighted by Gasteiger charge is -2.00. The van der Waals surface area contributed by atoms with Crippen molar-refractivity contribution < 1.29 is 8.78 Å². The van der Waals surface area contributed by atoms with Crippen molar-refractivity contribution in [3.05, 3.63) is 65.0 Å². The van der Waals surface area contributed by atoms with Crippen LogP contribution in [-0.2, 0) is 6.42 Å². The second-order valence-corrected chi connectivity index (χ2v) is 4.57. The number of H-pyrrole nitrogens is 1. The van der Waals surface area contributed by atoms with Crippen molar-refractivity contribution in [2.24, 2.45) is 0 Å². The van der Waals surface area contributed by atoms with E-state index in [1.807, 2.05) is 25.1 Å². The number of aromatic amines is 1. The number of nitrogens with one attached hydrogen (secondary N) is 1. The fraction of sp³-hybridized carbons (Fsp3) is 0.133. The molecule has 0 fully saturated rings. The Kier molecular flexibility index (Phi) is 2.78. The molecule has 0 spiro atoms. The summed E-state index contributed by atoms with van der Waals surface area (Å²) in [5.74, 6) is -0.436. The molecule has 0 bridgehead atoms. The van der Waals surface area contributed by atoms with Crippen LogP contribution < -0.4 is 0 Å². The Morgan fingerprint density at radius 3 is 2.74 bits per heavy atom. The second kappa shape index (κ2) is 4.46. The number of fused-ring (bicyclic) bond motifs is 1. The van der Waals surface area contributed by atoms with Crippen molar-refractivity contribution in [2.45, 2.75) is 13.3 Å². The van der Waals surface area contributed by atoms with E-state index < -0.39 is 11.6 Å². The number of nitrogens with zero attached hydrogens (tertiary/aromatic N) is 1. The number of benzene rings is 2. The van der Waals surface area contributed by atoms with Gasteiger partial charge in [-0.2, -0.15) is 0 Å². The molecule has 1 aromatic heterocycles. The van der Waals surface area contributed by atoms with Crippen LogP contribution in [0.5, 0.6) is 0 Å². The molecular weight excluding hydrogens is 246 g/mol. The molecule has 0 atom stereocenters. The lowest BCUT2D eigenvalue weighted by molar-refractivity contribution is 0.574. The van der Waals surface area contributed by atoms with Gasteiger partial charge >= 0.3 is 0 Å². The molecule has 19 heavy (non-hydrogen) atoms. The largest absolute Gasteiger partial charge is 0.342 e. The van der Waals surface area contributed by atoms with Crippen LogP contribution in [-0.4, -0.2) is 9.97 Å². The zero-order valence-electron chi connectivity index (χ0n) is 10.4. The van der Waals surface area contributed by atoms with Gasteiger partial charge in [-0.1, -0.05) is 18.2 Å². The summed E-state index contributed by atoms with van der Waals surface area (Å²) in [6.07, 6.45) is 0.320. The van der Waals surface area contributed by atoms with Crippen molar-refractivity contribution in [1.82, 2.24) is 9.97 Å². The number of hydrogen-bond acceptors (Lipinski definition) is 1. The van der Waals surface area contributed by atoms with Gasteiger partial charge in [0.2, 0.25) is 0 Å². The predicted molar refractivity (Wildman–Crippen MR) is 70.0 cm³/mol. The Morgan fingerprint density at radius 1 is 1.16 bits per heavy atom. The van der Waals surface area contributed by atoms with Crippen molar-refractivity contribution >= 4 is 11.0 Å². The van der Waals surface area contributed by atoms with E-state index in [9.17, 15) is 8.78 Å². The van der Waals surface area contributed by atoms with Crippen molar-refractivity contribution in [3.63, 3.8) is 0 Å². The first-order valence-electron chi connectivity index (χ1n) is 6.01. The molecule has 0 radical (unpaired) electrons. The van der Waals surface area contributed by atoms with Gasteiger partial charge in [-0.15, -0.1) is 0 Å². The lowest BCUT2D eigenvalue weighted by Crippen LogP contribution is -1.95. The lowest BCUT2D eigenvalue weighted by atomic mass is 10.1. The molecule has 0 aliphatic heterocycles. The van der Waals surface area contributed by atoms with Gasteiger partial charge in [-0.25, -0.2) is 13.8 Å². The minimum absolute atomic E-state index is 0.320. The molecule has 0 saturated heterocycles. The quantitative estimate of drug-likeness (QED) is 0.745. The van der Waals surface area contributed by atoms with E-state index in [1.165, 1.54) is 12.1 Å². The van der Waals surface area contributed by atoms with Crippen molar-refractivity contribution in [1.29, 1.82) is 0 Å². The molecule has 0 aliphatic carbocycles. The average Bonchev–Trinajstić information content (AvgIpc) is 2.77. The fourth-order valence-corrected chi connectivity index (χ4v) is 2.16. The van der Waals surface area contributed by atoms with Crippen molar-refractivity contribution in [2.75, 3.05) is 0 Å². The molecule has 2 nitrogen and oxygen atoms in total. The first kappa shape index (κ1) is 11.8. The molecular formula is C15H12F2N2. The Bertz CT molecular complexity index is 747. The smallest absolute Gasteiger partial charge is 0.129 e. The van der Waals surface area contributed by atoms with Crippen LogP contribution in [0.3, 0.4) is 0 Å². The first-order valence-corrected chi connectivity index (χ1v) is 6.01. The SMILES string of the molecule is Cc1cccc2[nH]c(Cc3ccc(F)cc3F)nc12. The summed E-state index contributed by atoms with van der Waals surface area (Å²) >= 11 is 0. The van der Waals surface area contributed by atoms with Gasteiger partial charge in [0.25, 0.3) is 0 Å². The van der Waals surface area contributed by atoms with Crippen LogP contribution in [0.15, 0.2) is 36.4 Å². The predicted octanol–water partition coefficient (Wildman–Crippen LogP) is 3.74. The normalized spacial score (nSPS) is 11.1. The zero-order valence-corrected chi connectivity index (χ0v) is 10.4. The molecule has 3 rings (SSSR count). The van der Waals surface area contributed by atoms with Gasteiger partial charge in [-0.05, 0) is 30.2 Å². The fourth-order valence-electron chi connectivity index (χ4n) is 2.16. The second-order valence-electron chi connectivity index (χ2n) is 4.57. The summed E-state index contributed by atoms with van der Waals surface area (Å²) in [6.45, 7) is 1.98. The number of aromatic nitrogens is 2. The number of para-hydroxylation sites is 1. The minimum Gasteiger partial charge on any atom is -0.342 e. The van der Waals surface area contributed by atoms with Gasteiger partial charge in [0.05, 0.1) is 11.0 Å². The topological polar surface area (TPSA) is 28.7 Å². The van der Waals surface area contributed by atoms with Crippen LogP contribution in [0.2, 0.25) is 0 Å². The Balaban J connectivity index is 1.99. The highest BCUT2D eigenvalue weighted by Gasteiger charge is 2.09. The summed E-state index contributed by atoms with van der Waals surface area (Å²) in [7, 11) is 0. The highest BCUT2D eigenvalue weighted by atomic mass is 19.1. The number of rotatable bonds is 2. The molecule has 3 aromatic rings. The maximum Gasteiger partial charge on any atom is 0.129 e. The first-order chi connectivity index (χ1) is 9.13. The minimum atomic E-state index is -0.568.